The minimum Gasteiger partial charge on any atom is -0.435 e. The van der Waals surface area contributed by atoms with E-state index in [9.17, 15) is 8.78 Å². The maximum Gasteiger partial charge on any atom is 0.231 e. The van der Waals surface area contributed by atoms with Gasteiger partial charge in [-0.2, -0.15) is 4.98 Å². The second-order valence-corrected chi connectivity index (χ2v) is 4.33. The Kier molecular flexibility index (Phi) is 3.20. The Hall–Kier alpha value is -2.27. The zero-order valence-corrected chi connectivity index (χ0v) is 10.7. The average Bonchev–Trinajstić information content (AvgIpc) is 2.43. The molecule has 100 valence electrons. The first kappa shape index (κ1) is 12.7. The fourth-order valence-electron chi connectivity index (χ4n) is 1.76. The van der Waals surface area contributed by atoms with Gasteiger partial charge in [0.1, 0.15) is 5.82 Å². The lowest BCUT2D eigenvalue weighted by Crippen LogP contribution is -1.95. The molecule has 0 spiro atoms. The molecule has 0 radical (unpaired) electrons. The van der Waals surface area contributed by atoms with Gasteiger partial charge in [-0.1, -0.05) is 12.1 Å². The normalized spacial score (nSPS) is 10.8. The van der Waals surface area contributed by atoms with Crippen LogP contribution < -0.4 is 4.74 Å². The smallest absolute Gasteiger partial charge is 0.231 e. The van der Waals surface area contributed by atoms with Gasteiger partial charge in [0.25, 0.3) is 0 Å². The third-order valence-electron chi connectivity index (χ3n) is 2.64. The number of hydrogen-bond donors (Lipinski definition) is 0. The van der Waals surface area contributed by atoms with E-state index in [0.717, 1.165) is 18.2 Å². The molecule has 0 saturated heterocycles. The molecule has 0 amide bonds. The SMILES string of the molecule is Fc1ccc(F)c(Oc2nc(Cl)nc3ccccc23)c1. The minimum atomic E-state index is -0.690. The van der Waals surface area contributed by atoms with E-state index in [-0.39, 0.29) is 16.9 Å². The number of aromatic nitrogens is 2. The Morgan fingerprint density at radius 3 is 2.65 bits per heavy atom. The van der Waals surface area contributed by atoms with Crippen LogP contribution in [0.4, 0.5) is 8.78 Å². The van der Waals surface area contributed by atoms with Crippen molar-refractivity contribution in [2.24, 2.45) is 0 Å². The molecule has 1 aromatic heterocycles. The lowest BCUT2D eigenvalue weighted by Gasteiger charge is -2.08. The summed E-state index contributed by atoms with van der Waals surface area (Å²) in [7, 11) is 0. The van der Waals surface area contributed by atoms with E-state index in [4.69, 9.17) is 16.3 Å². The Balaban J connectivity index is 2.13. The molecule has 6 heteroatoms. The number of rotatable bonds is 2. The van der Waals surface area contributed by atoms with Crippen molar-refractivity contribution in [2.45, 2.75) is 0 Å². The van der Waals surface area contributed by atoms with Gasteiger partial charge in [0.05, 0.1) is 10.9 Å². The van der Waals surface area contributed by atoms with Gasteiger partial charge in [-0.05, 0) is 35.9 Å². The summed E-state index contributed by atoms with van der Waals surface area (Å²) in [5, 5.41) is 0.524. The molecular formula is C14H7ClF2N2O. The molecule has 1 heterocycles. The number of nitrogens with zero attached hydrogens (tertiary/aromatic N) is 2. The summed E-state index contributed by atoms with van der Waals surface area (Å²) in [6.07, 6.45) is 0. The number of ether oxygens (including phenoxy) is 1. The summed E-state index contributed by atoms with van der Waals surface area (Å²) in [5.41, 5.74) is 0.555. The highest BCUT2D eigenvalue weighted by atomic mass is 35.5. The van der Waals surface area contributed by atoms with Crippen LogP contribution in [-0.4, -0.2) is 9.97 Å². The summed E-state index contributed by atoms with van der Waals surface area (Å²) in [5.74, 6) is -1.48. The van der Waals surface area contributed by atoms with Crippen molar-refractivity contribution in [3.05, 3.63) is 59.4 Å². The van der Waals surface area contributed by atoms with Crippen LogP contribution in [0.2, 0.25) is 5.28 Å². The van der Waals surface area contributed by atoms with Crippen LogP contribution in [0, 0.1) is 11.6 Å². The van der Waals surface area contributed by atoms with Gasteiger partial charge < -0.3 is 4.74 Å². The van der Waals surface area contributed by atoms with Crippen LogP contribution >= 0.6 is 11.6 Å². The average molecular weight is 293 g/mol. The Labute approximate surface area is 117 Å². The standard InChI is InChI=1S/C14H7ClF2N2O/c15-14-18-11-4-2-1-3-9(11)13(19-14)20-12-7-8(16)5-6-10(12)17/h1-7H. The van der Waals surface area contributed by atoms with Gasteiger partial charge in [0.2, 0.25) is 11.2 Å². The van der Waals surface area contributed by atoms with E-state index < -0.39 is 11.6 Å². The van der Waals surface area contributed by atoms with E-state index in [2.05, 4.69) is 9.97 Å². The van der Waals surface area contributed by atoms with Crippen LogP contribution in [0.15, 0.2) is 42.5 Å². The predicted octanol–water partition coefficient (Wildman–Crippen LogP) is 4.35. The number of hydrogen-bond acceptors (Lipinski definition) is 3. The summed E-state index contributed by atoms with van der Waals surface area (Å²) < 4.78 is 32.1. The van der Waals surface area contributed by atoms with Crippen LogP contribution in [0.1, 0.15) is 0 Å². The van der Waals surface area contributed by atoms with Gasteiger partial charge in [-0.3, -0.25) is 0 Å². The maximum atomic E-state index is 13.6. The largest absolute Gasteiger partial charge is 0.435 e. The van der Waals surface area contributed by atoms with E-state index in [0.29, 0.717) is 10.9 Å². The van der Waals surface area contributed by atoms with Gasteiger partial charge in [0, 0.05) is 6.07 Å². The number of benzene rings is 2. The third kappa shape index (κ3) is 2.40. The molecule has 0 atom stereocenters. The predicted molar refractivity (Wildman–Crippen MR) is 71.0 cm³/mol. The molecule has 0 aliphatic rings. The number of fused-ring (bicyclic) bond motifs is 1. The molecule has 2 aromatic carbocycles. The minimum absolute atomic E-state index is 0.0319. The van der Waals surface area contributed by atoms with Crippen LogP contribution in [0.25, 0.3) is 10.9 Å². The molecule has 0 saturated carbocycles. The van der Waals surface area contributed by atoms with E-state index >= 15 is 0 Å². The quantitative estimate of drug-likeness (QED) is 0.659. The molecule has 0 bridgehead atoms. The van der Waals surface area contributed by atoms with Gasteiger partial charge in [0.15, 0.2) is 11.6 Å². The van der Waals surface area contributed by atoms with Crippen molar-refractivity contribution >= 4 is 22.5 Å². The van der Waals surface area contributed by atoms with Crippen molar-refractivity contribution in [3.63, 3.8) is 0 Å². The van der Waals surface area contributed by atoms with Gasteiger partial charge >= 0.3 is 0 Å². The first-order chi connectivity index (χ1) is 9.63. The topological polar surface area (TPSA) is 35.0 Å². The summed E-state index contributed by atoms with van der Waals surface area (Å²) in [6, 6.07) is 9.89. The molecule has 0 N–H and O–H groups in total. The highest BCUT2D eigenvalue weighted by molar-refractivity contribution is 6.28. The molecule has 20 heavy (non-hydrogen) atoms. The molecule has 0 fully saturated rings. The van der Waals surface area contributed by atoms with Crippen molar-refractivity contribution in [1.29, 1.82) is 0 Å². The molecule has 0 aliphatic heterocycles. The van der Waals surface area contributed by atoms with Crippen LogP contribution in [0.3, 0.4) is 0 Å². The zero-order chi connectivity index (χ0) is 14.1. The summed E-state index contributed by atoms with van der Waals surface area (Å²) in [6.45, 7) is 0. The Bertz CT molecular complexity index is 795. The third-order valence-corrected chi connectivity index (χ3v) is 2.81. The second-order valence-electron chi connectivity index (χ2n) is 3.99. The molecular weight excluding hydrogens is 286 g/mol. The van der Waals surface area contributed by atoms with E-state index in [1.165, 1.54) is 0 Å². The molecule has 0 aliphatic carbocycles. The lowest BCUT2D eigenvalue weighted by molar-refractivity contribution is 0.426. The number of para-hydroxylation sites is 1. The Morgan fingerprint density at radius 2 is 1.80 bits per heavy atom. The fraction of sp³-hybridized carbons (Fsp3) is 0. The first-order valence-electron chi connectivity index (χ1n) is 5.69. The zero-order valence-electron chi connectivity index (χ0n) is 9.98. The summed E-state index contributed by atoms with van der Waals surface area (Å²) >= 11 is 5.79. The molecule has 3 rings (SSSR count). The lowest BCUT2D eigenvalue weighted by atomic mass is 10.2. The molecule has 3 nitrogen and oxygen atoms in total. The van der Waals surface area contributed by atoms with E-state index in [1.54, 1.807) is 24.3 Å². The van der Waals surface area contributed by atoms with Crippen molar-refractivity contribution in [1.82, 2.24) is 9.97 Å². The highest BCUT2D eigenvalue weighted by Gasteiger charge is 2.12. The van der Waals surface area contributed by atoms with Crippen LogP contribution in [0.5, 0.6) is 11.6 Å². The molecule has 3 aromatic rings. The van der Waals surface area contributed by atoms with Crippen molar-refractivity contribution in [2.75, 3.05) is 0 Å². The van der Waals surface area contributed by atoms with Gasteiger partial charge in [-0.25, -0.2) is 13.8 Å². The number of halogens is 3. The monoisotopic (exact) mass is 292 g/mol. The van der Waals surface area contributed by atoms with Crippen LogP contribution in [-0.2, 0) is 0 Å². The maximum absolute atomic E-state index is 13.6. The molecule has 0 unspecified atom stereocenters. The second kappa shape index (κ2) is 5.02. The van der Waals surface area contributed by atoms with Gasteiger partial charge in [-0.15, -0.1) is 0 Å². The van der Waals surface area contributed by atoms with E-state index in [1.807, 2.05) is 0 Å². The highest BCUT2D eigenvalue weighted by Crippen LogP contribution is 2.30. The summed E-state index contributed by atoms with van der Waals surface area (Å²) in [4.78, 5) is 7.93. The Morgan fingerprint density at radius 1 is 1.00 bits per heavy atom. The van der Waals surface area contributed by atoms with Crippen molar-refractivity contribution < 1.29 is 13.5 Å². The first-order valence-corrected chi connectivity index (χ1v) is 6.06. The van der Waals surface area contributed by atoms with Crippen molar-refractivity contribution in [3.8, 4) is 11.6 Å². The fourth-order valence-corrected chi connectivity index (χ4v) is 1.93.